The van der Waals surface area contributed by atoms with Crippen LogP contribution >= 0.6 is 0 Å². The summed E-state index contributed by atoms with van der Waals surface area (Å²) in [6.07, 6.45) is -2.50. The van der Waals surface area contributed by atoms with Crippen molar-refractivity contribution in [2.45, 2.75) is 24.7 Å². The molecule has 0 spiro atoms. The molecule has 0 atom stereocenters. The Morgan fingerprint density at radius 1 is 1.37 bits per heavy atom. The summed E-state index contributed by atoms with van der Waals surface area (Å²) < 4.78 is 49.1. The van der Waals surface area contributed by atoms with Gasteiger partial charge < -0.3 is 0 Å². The van der Waals surface area contributed by atoms with Crippen molar-refractivity contribution >= 4 is 15.8 Å². The van der Waals surface area contributed by atoms with Gasteiger partial charge in [0.25, 0.3) is 6.43 Å². The second-order valence-corrected chi connectivity index (χ2v) is 6.03. The van der Waals surface area contributed by atoms with Crippen LogP contribution in [0.25, 0.3) is 0 Å². The van der Waals surface area contributed by atoms with Crippen molar-refractivity contribution in [2.24, 2.45) is 0 Å². The molecule has 0 aromatic heterocycles. The monoisotopic (exact) mass is 291 g/mol. The number of nitrogens with zero attached hydrogens (tertiary/aromatic N) is 1. The third-order valence-corrected chi connectivity index (χ3v) is 4.40. The van der Waals surface area contributed by atoms with Crippen LogP contribution in [0.2, 0.25) is 0 Å². The molecule has 1 aromatic rings. The molecule has 0 bridgehead atoms. The van der Waals surface area contributed by atoms with E-state index in [0.717, 1.165) is 7.05 Å². The van der Waals surface area contributed by atoms with Crippen molar-refractivity contribution in [3.05, 3.63) is 29.8 Å². The molecule has 4 nitrogen and oxygen atoms in total. The highest BCUT2D eigenvalue weighted by Gasteiger charge is 2.24. The number of hydrogen-bond donors (Lipinski definition) is 0. The normalized spacial score (nSPS) is 12.1. The van der Waals surface area contributed by atoms with E-state index in [2.05, 4.69) is 0 Å². The molecule has 0 saturated carbocycles. The molecule has 0 heterocycles. The first kappa shape index (κ1) is 15.7. The van der Waals surface area contributed by atoms with Gasteiger partial charge in [0.15, 0.2) is 5.78 Å². The number of rotatable bonds is 6. The lowest BCUT2D eigenvalue weighted by Crippen LogP contribution is -2.31. The molecule has 0 saturated heterocycles. The standard InChI is InChI=1S/C12H15F2NO3S/c1-3-11(16)9-5-4-6-10(7-9)19(17,18)15(2)8-12(13)14/h4-7,12H,3,8H2,1-2H3. The molecule has 0 radical (unpaired) electrons. The Hall–Kier alpha value is -1.34. The maximum Gasteiger partial charge on any atom is 0.252 e. The number of Topliss-reactive ketones (excluding diaryl/α,β-unsaturated/α-hetero) is 1. The van der Waals surface area contributed by atoms with Gasteiger partial charge in [-0.05, 0) is 12.1 Å². The molecule has 7 heteroatoms. The first-order valence-corrected chi connectivity index (χ1v) is 7.10. The minimum absolute atomic E-state index is 0.157. The largest absolute Gasteiger partial charge is 0.294 e. The molecule has 0 aliphatic rings. The van der Waals surface area contributed by atoms with E-state index in [1.807, 2.05) is 0 Å². The van der Waals surface area contributed by atoms with Crippen molar-refractivity contribution in [2.75, 3.05) is 13.6 Å². The lowest BCUT2D eigenvalue weighted by molar-refractivity contribution is 0.0987. The zero-order chi connectivity index (χ0) is 14.6. The van der Waals surface area contributed by atoms with E-state index < -0.39 is 23.0 Å². The first-order chi connectivity index (χ1) is 8.78. The first-order valence-electron chi connectivity index (χ1n) is 5.66. The van der Waals surface area contributed by atoms with Gasteiger partial charge in [0.2, 0.25) is 10.0 Å². The number of ketones is 1. The van der Waals surface area contributed by atoms with Crippen LogP contribution in [-0.4, -0.2) is 38.5 Å². The number of carbonyl (C=O) groups excluding carboxylic acids is 1. The number of hydrogen-bond acceptors (Lipinski definition) is 3. The second kappa shape index (κ2) is 6.21. The van der Waals surface area contributed by atoms with Gasteiger partial charge in [-0.1, -0.05) is 19.1 Å². The number of sulfonamides is 1. The lowest BCUT2D eigenvalue weighted by Gasteiger charge is -2.16. The summed E-state index contributed by atoms with van der Waals surface area (Å²) in [7, 11) is -2.92. The van der Waals surface area contributed by atoms with E-state index in [4.69, 9.17) is 0 Å². The zero-order valence-corrected chi connectivity index (χ0v) is 11.5. The Morgan fingerprint density at radius 2 is 2.00 bits per heavy atom. The van der Waals surface area contributed by atoms with Crippen LogP contribution < -0.4 is 0 Å². The van der Waals surface area contributed by atoms with Crippen LogP contribution in [-0.2, 0) is 10.0 Å². The van der Waals surface area contributed by atoms with Crippen LogP contribution in [0, 0.1) is 0 Å². The van der Waals surface area contributed by atoms with Crippen molar-refractivity contribution in [3.8, 4) is 0 Å². The Labute approximate surface area is 111 Å². The fourth-order valence-corrected chi connectivity index (χ4v) is 2.70. The van der Waals surface area contributed by atoms with Gasteiger partial charge in [-0.25, -0.2) is 17.2 Å². The Bertz CT molecular complexity index is 558. The molecule has 0 unspecified atom stereocenters. The molecule has 0 aliphatic carbocycles. The molecule has 0 amide bonds. The van der Waals surface area contributed by atoms with Gasteiger partial charge in [0, 0.05) is 19.0 Å². The molecule has 19 heavy (non-hydrogen) atoms. The minimum Gasteiger partial charge on any atom is -0.294 e. The quantitative estimate of drug-likeness (QED) is 0.755. The minimum atomic E-state index is -4.00. The van der Waals surface area contributed by atoms with E-state index in [9.17, 15) is 22.0 Å². The third kappa shape index (κ3) is 3.81. The van der Waals surface area contributed by atoms with Crippen LogP contribution in [0.15, 0.2) is 29.2 Å². The number of alkyl halides is 2. The fraction of sp³-hybridized carbons (Fsp3) is 0.417. The van der Waals surface area contributed by atoms with Gasteiger partial charge in [0.1, 0.15) is 0 Å². The summed E-state index contributed by atoms with van der Waals surface area (Å²) in [5, 5.41) is 0. The molecular formula is C12H15F2NO3S. The smallest absolute Gasteiger partial charge is 0.252 e. The van der Waals surface area contributed by atoms with Gasteiger partial charge >= 0.3 is 0 Å². The maximum absolute atomic E-state index is 12.2. The summed E-state index contributed by atoms with van der Waals surface area (Å²) in [6, 6.07) is 5.41. The van der Waals surface area contributed by atoms with Crippen LogP contribution in [0.4, 0.5) is 8.78 Å². The zero-order valence-electron chi connectivity index (χ0n) is 10.6. The molecule has 106 valence electrons. The van der Waals surface area contributed by atoms with Crippen LogP contribution in [0.5, 0.6) is 0 Å². The third-order valence-electron chi connectivity index (χ3n) is 2.58. The number of benzene rings is 1. The fourth-order valence-electron chi connectivity index (χ4n) is 1.51. The molecule has 1 rings (SSSR count). The van der Waals surface area contributed by atoms with Crippen molar-refractivity contribution in [1.29, 1.82) is 0 Å². The SMILES string of the molecule is CCC(=O)c1cccc(S(=O)(=O)N(C)CC(F)F)c1. The van der Waals surface area contributed by atoms with Crippen LogP contribution in [0.3, 0.4) is 0 Å². The highest BCUT2D eigenvalue weighted by molar-refractivity contribution is 7.89. The second-order valence-electron chi connectivity index (χ2n) is 3.98. The Balaban J connectivity index is 3.11. The summed E-state index contributed by atoms with van der Waals surface area (Å²) in [5.41, 5.74) is 0.258. The predicted molar refractivity (Wildman–Crippen MR) is 66.9 cm³/mol. The average molecular weight is 291 g/mol. The van der Waals surface area contributed by atoms with Gasteiger partial charge in [-0.2, -0.15) is 4.31 Å². The topological polar surface area (TPSA) is 54.5 Å². The molecule has 0 aliphatic heterocycles. The van der Waals surface area contributed by atoms with Crippen molar-refractivity contribution in [1.82, 2.24) is 4.31 Å². The Morgan fingerprint density at radius 3 is 2.53 bits per heavy atom. The molecular weight excluding hydrogens is 276 g/mol. The maximum atomic E-state index is 12.2. The van der Waals surface area contributed by atoms with E-state index in [1.54, 1.807) is 6.92 Å². The predicted octanol–water partition coefficient (Wildman–Crippen LogP) is 2.16. The van der Waals surface area contributed by atoms with Gasteiger partial charge in [-0.15, -0.1) is 0 Å². The summed E-state index contributed by atoms with van der Waals surface area (Å²) >= 11 is 0. The van der Waals surface area contributed by atoms with Crippen molar-refractivity contribution in [3.63, 3.8) is 0 Å². The molecule has 1 aromatic carbocycles. The van der Waals surface area contributed by atoms with E-state index in [0.29, 0.717) is 4.31 Å². The molecule has 0 fully saturated rings. The summed E-state index contributed by atoms with van der Waals surface area (Å²) in [6.45, 7) is 0.778. The van der Waals surface area contributed by atoms with Crippen molar-refractivity contribution < 1.29 is 22.0 Å². The Kier molecular flexibility index (Phi) is 5.13. The number of carbonyl (C=O) groups is 1. The average Bonchev–Trinajstić information content (AvgIpc) is 2.37. The van der Waals surface area contributed by atoms with Gasteiger partial charge in [0.05, 0.1) is 11.4 Å². The lowest BCUT2D eigenvalue weighted by atomic mass is 10.1. The van der Waals surface area contributed by atoms with Crippen LogP contribution in [0.1, 0.15) is 23.7 Å². The molecule has 0 N–H and O–H groups in total. The number of halogens is 2. The highest BCUT2D eigenvalue weighted by Crippen LogP contribution is 2.17. The van der Waals surface area contributed by atoms with E-state index in [-0.39, 0.29) is 22.7 Å². The summed E-state index contributed by atoms with van der Waals surface area (Å²) in [4.78, 5) is 11.4. The highest BCUT2D eigenvalue weighted by atomic mass is 32.2. The van der Waals surface area contributed by atoms with E-state index >= 15 is 0 Å². The van der Waals surface area contributed by atoms with E-state index in [1.165, 1.54) is 24.3 Å². The van der Waals surface area contributed by atoms with Gasteiger partial charge in [-0.3, -0.25) is 4.79 Å². The summed E-state index contributed by atoms with van der Waals surface area (Å²) in [5.74, 6) is -0.200.